The average molecular weight is 435 g/mol. The summed E-state index contributed by atoms with van der Waals surface area (Å²) in [6.07, 6.45) is 0. The summed E-state index contributed by atoms with van der Waals surface area (Å²) in [6.45, 7) is 2.14. The van der Waals surface area contributed by atoms with Crippen molar-refractivity contribution in [1.29, 1.82) is 0 Å². The van der Waals surface area contributed by atoms with E-state index in [4.69, 9.17) is 0 Å². The summed E-state index contributed by atoms with van der Waals surface area (Å²) < 4.78 is 1.12. The van der Waals surface area contributed by atoms with Crippen molar-refractivity contribution in [2.75, 3.05) is 38.0 Å². The van der Waals surface area contributed by atoms with Gasteiger partial charge in [-0.2, -0.15) is 0 Å². The molecule has 0 unspecified atom stereocenters. The summed E-state index contributed by atoms with van der Waals surface area (Å²) in [7, 11) is 8.30. The van der Waals surface area contributed by atoms with Crippen molar-refractivity contribution in [2.45, 2.75) is 6.92 Å². The zero-order valence-corrected chi connectivity index (χ0v) is 18.8. The number of aryl methyl sites for hydroxylation is 1. The molecule has 0 spiro atoms. The quantitative estimate of drug-likeness (QED) is 0.339. The van der Waals surface area contributed by atoms with Gasteiger partial charge in [0.25, 0.3) is 0 Å². The maximum absolute atomic E-state index is 3.52. The van der Waals surface area contributed by atoms with E-state index in [0.29, 0.717) is 0 Å². The highest BCUT2D eigenvalue weighted by Crippen LogP contribution is 2.29. The number of anilines is 2. The molecule has 0 bridgehead atoms. The molecule has 144 valence electrons. The van der Waals surface area contributed by atoms with Crippen LogP contribution in [0.5, 0.6) is 0 Å². The monoisotopic (exact) mass is 434 g/mol. The summed E-state index contributed by atoms with van der Waals surface area (Å²) in [6, 6.07) is 25.7. The lowest BCUT2D eigenvalue weighted by molar-refractivity contribution is 1.14. The Bertz CT molecular complexity index is 1010. The van der Waals surface area contributed by atoms with Crippen molar-refractivity contribution in [2.24, 2.45) is 0 Å². The molecule has 0 aliphatic heterocycles. The van der Waals surface area contributed by atoms with Crippen LogP contribution in [-0.4, -0.2) is 28.2 Å². The van der Waals surface area contributed by atoms with E-state index < -0.39 is 0 Å². The molecule has 0 amide bonds. The summed E-state index contributed by atoms with van der Waals surface area (Å²) in [5.41, 5.74) is 3.85. The first-order valence-electron chi connectivity index (χ1n) is 9.39. The lowest BCUT2D eigenvalue weighted by Gasteiger charge is -2.16. The SMILES string of the molecule is CN(C)c1cc(Br)cc2ccccc12.Cc1cc(N(C)C)c2ccccc2c1. The predicted molar refractivity (Wildman–Crippen MR) is 129 cm³/mol. The van der Waals surface area contributed by atoms with Gasteiger partial charge >= 0.3 is 0 Å². The molecule has 4 aromatic rings. The third kappa shape index (κ3) is 4.48. The molecule has 0 saturated carbocycles. The molecule has 0 aliphatic carbocycles. The van der Waals surface area contributed by atoms with E-state index in [1.807, 2.05) is 0 Å². The number of benzene rings is 4. The number of hydrogen-bond donors (Lipinski definition) is 0. The van der Waals surface area contributed by atoms with Crippen LogP contribution in [0.15, 0.2) is 77.3 Å². The molecule has 0 heterocycles. The molecule has 0 aromatic heterocycles. The second kappa shape index (κ2) is 8.66. The van der Waals surface area contributed by atoms with Crippen LogP contribution >= 0.6 is 15.9 Å². The van der Waals surface area contributed by atoms with Gasteiger partial charge in [0.15, 0.2) is 0 Å². The normalized spacial score (nSPS) is 10.5. The minimum atomic E-state index is 1.12. The smallest absolute Gasteiger partial charge is 0.0452 e. The Morgan fingerprint density at radius 3 is 1.61 bits per heavy atom. The lowest BCUT2D eigenvalue weighted by Crippen LogP contribution is -2.09. The van der Waals surface area contributed by atoms with Crippen molar-refractivity contribution in [1.82, 2.24) is 0 Å². The standard InChI is InChI=1S/C13H15N.C12H12BrN/c1-10-8-11-6-4-5-7-12(11)13(9-10)14(2)3;1-14(2)12-8-10(13)7-9-5-3-4-6-11(9)12/h4-9H,1-3H3;3-8H,1-2H3. The number of rotatable bonds is 2. The molecular weight excluding hydrogens is 408 g/mol. The highest BCUT2D eigenvalue weighted by atomic mass is 79.9. The minimum absolute atomic E-state index is 1.12. The van der Waals surface area contributed by atoms with Crippen LogP contribution in [0.3, 0.4) is 0 Å². The van der Waals surface area contributed by atoms with Gasteiger partial charge in [-0.25, -0.2) is 0 Å². The van der Waals surface area contributed by atoms with Crippen LogP contribution in [-0.2, 0) is 0 Å². The fourth-order valence-corrected chi connectivity index (χ4v) is 3.89. The third-order valence-corrected chi connectivity index (χ3v) is 5.21. The number of hydrogen-bond acceptors (Lipinski definition) is 2. The van der Waals surface area contributed by atoms with Gasteiger partial charge in [-0.05, 0) is 41.5 Å². The van der Waals surface area contributed by atoms with Crippen LogP contribution in [0, 0.1) is 6.92 Å². The Morgan fingerprint density at radius 2 is 1.07 bits per heavy atom. The fraction of sp³-hybridized carbons (Fsp3) is 0.200. The Kier molecular flexibility index (Phi) is 6.25. The van der Waals surface area contributed by atoms with Gasteiger partial charge in [0.1, 0.15) is 0 Å². The van der Waals surface area contributed by atoms with Crippen molar-refractivity contribution >= 4 is 48.8 Å². The number of halogens is 1. The maximum atomic E-state index is 3.52. The summed E-state index contributed by atoms with van der Waals surface area (Å²) in [5.74, 6) is 0. The van der Waals surface area contributed by atoms with Gasteiger partial charge in [-0.1, -0.05) is 70.5 Å². The van der Waals surface area contributed by atoms with E-state index in [0.717, 1.165) is 4.47 Å². The number of fused-ring (bicyclic) bond motifs is 2. The van der Waals surface area contributed by atoms with E-state index in [2.05, 4.69) is 134 Å². The van der Waals surface area contributed by atoms with Crippen LogP contribution in [0.1, 0.15) is 5.56 Å². The highest BCUT2D eigenvalue weighted by Gasteiger charge is 2.04. The third-order valence-electron chi connectivity index (χ3n) is 4.75. The highest BCUT2D eigenvalue weighted by molar-refractivity contribution is 9.10. The Hall–Kier alpha value is -2.52. The maximum Gasteiger partial charge on any atom is 0.0452 e. The predicted octanol–water partition coefficient (Wildman–Crippen LogP) is 6.88. The van der Waals surface area contributed by atoms with E-state index in [-0.39, 0.29) is 0 Å². The Labute approximate surface area is 176 Å². The van der Waals surface area contributed by atoms with Crippen LogP contribution in [0.4, 0.5) is 11.4 Å². The van der Waals surface area contributed by atoms with E-state index in [9.17, 15) is 0 Å². The van der Waals surface area contributed by atoms with E-state index in [1.54, 1.807) is 0 Å². The van der Waals surface area contributed by atoms with Crippen molar-refractivity contribution in [3.05, 3.63) is 82.8 Å². The van der Waals surface area contributed by atoms with Crippen molar-refractivity contribution in [3.8, 4) is 0 Å². The van der Waals surface area contributed by atoms with Crippen molar-refractivity contribution < 1.29 is 0 Å². The molecule has 3 heteroatoms. The summed E-state index contributed by atoms with van der Waals surface area (Å²) >= 11 is 3.52. The second-order valence-corrected chi connectivity index (χ2v) is 8.36. The molecule has 2 nitrogen and oxygen atoms in total. The molecular formula is C25H27BrN2. The molecule has 0 N–H and O–H groups in total. The minimum Gasteiger partial charge on any atom is -0.377 e. The van der Waals surface area contributed by atoms with Gasteiger partial charge < -0.3 is 9.80 Å². The van der Waals surface area contributed by atoms with Gasteiger partial charge in [0.05, 0.1) is 0 Å². The lowest BCUT2D eigenvalue weighted by atomic mass is 10.1. The van der Waals surface area contributed by atoms with Gasteiger partial charge in [-0.15, -0.1) is 0 Å². The molecule has 0 fully saturated rings. The van der Waals surface area contributed by atoms with Gasteiger partial charge in [0.2, 0.25) is 0 Å². The molecule has 4 aromatic carbocycles. The zero-order chi connectivity index (χ0) is 20.3. The molecule has 28 heavy (non-hydrogen) atoms. The zero-order valence-electron chi connectivity index (χ0n) is 17.2. The molecule has 0 atom stereocenters. The molecule has 4 rings (SSSR count). The first-order valence-corrected chi connectivity index (χ1v) is 10.2. The number of nitrogens with zero attached hydrogens (tertiary/aromatic N) is 2. The first kappa shape index (κ1) is 20.2. The molecule has 0 radical (unpaired) electrons. The van der Waals surface area contributed by atoms with Gasteiger partial charge in [0, 0.05) is 54.8 Å². The van der Waals surface area contributed by atoms with E-state index in [1.165, 1.54) is 38.5 Å². The second-order valence-electron chi connectivity index (χ2n) is 7.44. The summed E-state index contributed by atoms with van der Waals surface area (Å²) in [5, 5.41) is 5.20. The largest absolute Gasteiger partial charge is 0.377 e. The topological polar surface area (TPSA) is 6.48 Å². The molecule has 0 aliphatic rings. The Morgan fingerprint density at radius 1 is 0.607 bits per heavy atom. The van der Waals surface area contributed by atoms with Gasteiger partial charge in [-0.3, -0.25) is 0 Å². The van der Waals surface area contributed by atoms with Crippen molar-refractivity contribution in [3.63, 3.8) is 0 Å². The molecule has 0 saturated heterocycles. The first-order chi connectivity index (χ1) is 13.4. The fourth-order valence-electron chi connectivity index (χ4n) is 3.43. The van der Waals surface area contributed by atoms with Crippen LogP contribution < -0.4 is 9.80 Å². The van der Waals surface area contributed by atoms with Crippen LogP contribution in [0.25, 0.3) is 21.5 Å². The Balaban J connectivity index is 0.000000161. The van der Waals surface area contributed by atoms with E-state index >= 15 is 0 Å². The summed E-state index contributed by atoms with van der Waals surface area (Å²) in [4.78, 5) is 4.29. The average Bonchev–Trinajstić information content (AvgIpc) is 2.66. The van der Waals surface area contributed by atoms with Crippen LogP contribution in [0.2, 0.25) is 0 Å².